The van der Waals surface area contributed by atoms with Crippen molar-refractivity contribution in [3.63, 3.8) is 0 Å². The molecule has 24 heavy (non-hydrogen) atoms. The lowest BCUT2D eigenvalue weighted by Crippen LogP contribution is -2.40. The summed E-state index contributed by atoms with van der Waals surface area (Å²) in [7, 11) is 0. The Kier molecular flexibility index (Phi) is 4.39. The van der Waals surface area contributed by atoms with Gasteiger partial charge in [-0.3, -0.25) is 4.79 Å². The van der Waals surface area contributed by atoms with E-state index in [1.54, 1.807) is 11.3 Å². The predicted octanol–water partition coefficient (Wildman–Crippen LogP) is 3.67. The van der Waals surface area contributed by atoms with Gasteiger partial charge in [0.1, 0.15) is 0 Å². The zero-order valence-electron chi connectivity index (χ0n) is 13.9. The maximum absolute atomic E-state index is 12.2. The highest BCUT2D eigenvalue weighted by molar-refractivity contribution is 7.08. The van der Waals surface area contributed by atoms with Gasteiger partial charge >= 0.3 is 0 Å². The molecule has 0 radical (unpaired) electrons. The van der Waals surface area contributed by atoms with Gasteiger partial charge in [-0.1, -0.05) is 11.6 Å². The van der Waals surface area contributed by atoms with Crippen molar-refractivity contribution in [2.45, 2.75) is 51.5 Å². The fourth-order valence-electron chi connectivity index (χ4n) is 4.43. The minimum Gasteiger partial charge on any atom is -0.353 e. The summed E-state index contributed by atoms with van der Waals surface area (Å²) in [4.78, 5) is 16.6. The van der Waals surface area contributed by atoms with Gasteiger partial charge in [0.25, 0.3) is 0 Å². The molecule has 4 atom stereocenters. The number of hydrogen-bond acceptors (Lipinski definition) is 5. The Balaban J connectivity index is 1.26. The molecule has 6 heteroatoms. The first-order valence-electron chi connectivity index (χ1n) is 8.83. The third-order valence-corrected chi connectivity index (χ3v) is 6.32. The fraction of sp³-hybridized carbons (Fsp3) is 0.611. The van der Waals surface area contributed by atoms with E-state index in [0.717, 1.165) is 17.4 Å². The third-order valence-electron chi connectivity index (χ3n) is 5.64. The molecule has 128 valence electrons. The molecular formula is C18H23N3O2S. The van der Waals surface area contributed by atoms with Gasteiger partial charge in [0, 0.05) is 29.8 Å². The number of carbonyl (C=O) groups excluding carboxylic acids is 1. The summed E-state index contributed by atoms with van der Waals surface area (Å²) in [5.74, 6) is 3.62. The number of nitrogens with one attached hydrogen (secondary N) is 1. The molecule has 2 aromatic heterocycles. The molecule has 0 aliphatic heterocycles. The molecule has 0 aromatic carbocycles. The summed E-state index contributed by atoms with van der Waals surface area (Å²) in [6.07, 6.45) is 6.30. The highest BCUT2D eigenvalue weighted by atomic mass is 32.1. The fourth-order valence-corrected chi connectivity index (χ4v) is 5.06. The SMILES string of the molecule is CC(NC(=O)CCc1nc(-c2ccsc2)no1)C1CC2CCC1C2. The van der Waals surface area contributed by atoms with Crippen molar-refractivity contribution in [1.29, 1.82) is 0 Å². The van der Waals surface area contributed by atoms with Crippen LogP contribution in [0.3, 0.4) is 0 Å². The number of aryl methyl sites for hydroxylation is 1. The first kappa shape index (κ1) is 15.8. The van der Waals surface area contributed by atoms with Gasteiger partial charge in [0.2, 0.25) is 17.6 Å². The molecule has 2 bridgehead atoms. The van der Waals surface area contributed by atoms with Crippen molar-refractivity contribution in [3.05, 3.63) is 22.7 Å². The van der Waals surface area contributed by atoms with Gasteiger partial charge in [0.15, 0.2) is 0 Å². The van der Waals surface area contributed by atoms with E-state index >= 15 is 0 Å². The van der Waals surface area contributed by atoms with Crippen LogP contribution in [0.2, 0.25) is 0 Å². The molecule has 1 N–H and O–H groups in total. The number of amides is 1. The average Bonchev–Trinajstić information content (AvgIpc) is 3.37. The number of fused-ring (bicyclic) bond motifs is 2. The largest absolute Gasteiger partial charge is 0.353 e. The molecule has 1 amide bonds. The van der Waals surface area contributed by atoms with Gasteiger partial charge in [-0.05, 0) is 55.4 Å². The van der Waals surface area contributed by atoms with E-state index in [-0.39, 0.29) is 11.9 Å². The minimum atomic E-state index is 0.0838. The van der Waals surface area contributed by atoms with Gasteiger partial charge in [-0.2, -0.15) is 16.3 Å². The van der Waals surface area contributed by atoms with E-state index < -0.39 is 0 Å². The molecule has 2 aromatic rings. The minimum absolute atomic E-state index is 0.0838. The molecule has 5 nitrogen and oxygen atoms in total. The smallest absolute Gasteiger partial charge is 0.227 e. The van der Waals surface area contributed by atoms with E-state index in [1.807, 2.05) is 16.8 Å². The lowest BCUT2D eigenvalue weighted by Gasteiger charge is -2.28. The van der Waals surface area contributed by atoms with Crippen molar-refractivity contribution in [2.75, 3.05) is 0 Å². The Hall–Kier alpha value is -1.69. The van der Waals surface area contributed by atoms with Crippen molar-refractivity contribution >= 4 is 17.2 Å². The number of carbonyl (C=O) groups is 1. The summed E-state index contributed by atoms with van der Waals surface area (Å²) < 4.78 is 5.25. The molecular weight excluding hydrogens is 322 g/mol. The molecule has 2 fully saturated rings. The Morgan fingerprint density at radius 1 is 1.46 bits per heavy atom. The topological polar surface area (TPSA) is 68.0 Å². The Morgan fingerprint density at radius 3 is 3.08 bits per heavy atom. The molecule has 4 rings (SSSR count). The number of rotatable bonds is 6. The van der Waals surface area contributed by atoms with Crippen LogP contribution in [0.15, 0.2) is 21.3 Å². The van der Waals surface area contributed by atoms with Crippen LogP contribution in [-0.2, 0) is 11.2 Å². The van der Waals surface area contributed by atoms with E-state index in [0.29, 0.717) is 30.5 Å². The number of aromatic nitrogens is 2. The van der Waals surface area contributed by atoms with E-state index in [2.05, 4.69) is 22.4 Å². The Morgan fingerprint density at radius 2 is 2.38 bits per heavy atom. The van der Waals surface area contributed by atoms with E-state index in [9.17, 15) is 4.79 Å². The Labute approximate surface area is 145 Å². The van der Waals surface area contributed by atoms with Crippen LogP contribution < -0.4 is 5.32 Å². The maximum atomic E-state index is 12.2. The van der Waals surface area contributed by atoms with Gasteiger partial charge < -0.3 is 9.84 Å². The van der Waals surface area contributed by atoms with Crippen LogP contribution in [-0.4, -0.2) is 22.1 Å². The van der Waals surface area contributed by atoms with Crippen molar-refractivity contribution in [1.82, 2.24) is 15.5 Å². The van der Waals surface area contributed by atoms with E-state index in [1.165, 1.54) is 25.7 Å². The molecule has 4 unspecified atom stereocenters. The Bertz CT molecular complexity index is 697. The van der Waals surface area contributed by atoms with Crippen LogP contribution >= 0.6 is 11.3 Å². The predicted molar refractivity (Wildman–Crippen MR) is 92.5 cm³/mol. The normalized spacial score (nSPS) is 26.6. The summed E-state index contributed by atoms with van der Waals surface area (Å²) in [5, 5.41) is 11.1. The van der Waals surface area contributed by atoms with Crippen LogP contribution in [0, 0.1) is 17.8 Å². The highest BCUT2D eigenvalue weighted by Crippen LogP contribution is 2.49. The van der Waals surface area contributed by atoms with Crippen molar-refractivity contribution < 1.29 is 9.32 Å². The monoisotopic (exact) mass is 345 g/mol. The second-order valence-corrected chi connectivity index (χ2v) is 8.00. The molecule has 2 heterocycles. The van der Waals surface area contributed by atoms with Crippen LogP contribution in [0.1, 0.15) is 44.9 Å². The van der Waals surface area contributed by atoms with Crippen molar-refractivity contribution in [2.24, 2.45) is 17.8 Å². The highest BCUT2D eigenvalue weighted by Gasteiger charge is 2.42. The second kappa shape index (κ2) is 6.67. The summed E-state index contributed by atoms with van der Waals surface area (Å²) in [6.45, 7) is 2.16. The zero-order valence-corrected chi connectivity index (χ0v) is 14.7. The lowest BCUT2D eigenvalue weighted by atomic mass is 9.84. The van der Waals surface area contributed by atoms with Gasteiger partial charge in [-0.25, -0.2) is 0 Å². The lowest BCUT2D eigenvalue weighted by molar-refractivity contribution is -0.122. The number of thiophene rings is 1. The second-order valence-electron chi connectivity index (χ2n) is 7.22. The quantitative estimate of drug-likeness (QED) is 0.867. The van der Waals surface area contributed by atoms with Crippen LogP contribution in [0.25, 0.3) is 11.4 Å². The van der Waals surface area contributed by atoms with Crippen molar-refractivity contribution in [3.8, 4) is 11.4 Å². The van der Waals surface area contributed by atoms with Gasteiger partial charge in [-0.15, -0.1) is 0 Å². The van der Waals surface area contributed by atoms with Gasteiger partial charge in [0.05, 0.1) is 0 Å². The summed E-state index contributed by atoms with van der Waals surface area (Å²) in [6, 6.07) is 2.24. The van der Waals surface area contributed by atoms with Crippen LogP contribution in [0.4, 0.5) is 0 Å². The third kappa shape index (κ3) is 3.24. The standard InChI is InChI=1S/C18H23N3O2S/c1-11(15-9-12-2-3-13(15)8-12)19-16(22)4-5-17-20-18(21-23-17)14-6-7-24-10-14/h6-7,10-13,15H,2-5,8-9H2,1H3,(H,19,22). The average molecular weight is 345 g/mol. The summed E-state index contributed by atoms with van der Waals surface area (Å²) in [5.41, 5.74) is 0.962. The molecule has 2 aliphatic rings. The molecule has 0 saturated heterocycles. The zero-order chi connectivity index (χ0) is 16.5. The maximum Gasteiger partial charge on any atom is 0.227 e. The first-order valence-corrected chi connectivity index (χ1v) is 9.78. The first-order chi connectivity index (χ1) is 11.7. The molecule has 2 aliphatic carbocycles. The van der Waals surface area contributed by atoms with E-state index in [4.69, 9.17) is 4.52 Å². The molecule has 0 spiro atoms. The molecule has 2 saturated carbocycles. The number of hydrogen-bond donors (Lipinski definition) is 1. The summed E-state index contributed by atoms with van der Waals surface area (Å²) >= 11 is 1.60. The van der Waals surface area contributed by atoms with Crippen LogP contribution in [0.5, 0.6) is 0 Å². The number of nitrogens with zero attached hydrogens (tertiary/aromatic N) is 2.